The van der Waals surface area contributed by atoms with Crippen molar-refractivity contribution in [2.75, 3.05) is 0 Å². The monoisotopic (exact) mass is 252 g/mol. The summed E-state index contributed by atoms with van der Waals surface area (Å²) in [6.07, 6.45) is 2.21. The van der Waals surface area contributed by atoms with Gasteiger partial charge in [0.2, 0.25) is 0 Å². The van der Waals surface area contributed by atoms with E-state index < -0.39 is 12.0 Å². The molecule has 0 aliphatic heterocycles. The van der Waals surface area contributed by atoms with Crippen LogP contribution in [-0.4, -0.2) is 21.7 Å². The number of carboxylic acid groups (broad SMARTS) is 1. The molecule has 0 amide bonds. The molecule has 3 N–H and O–H groups in total. The molecule has 0 fully saturated rings. The molecule has 1 heterocycles. The first-order chi connectivity index (χ1) is 7.99. The summed E-state index contributed by atoms with van der Waals surface area (Å²) in [5.74, 6) is -0.990. The highest BCUT2D eigenvalue weighted by Crippen LogP contribution is 2.24. The standard InChI is InChI=1S/C12H13ClN2O2/c1-15-6-7(4-10(14)12(16)17)9-3-2-8(13)5-11(9)15/h2-3,5-6,10H,4,14H2,1H3,(H,16,17). The van der Waals surface area contributed by atoms with Crippen molar-refractivity contribution in [2.24, 2.45) is 12.8 Å². The number of aryl methyl sites for hydroxylation is 1. The molecule has 0 aliphatic rings. The molecule has 1 atom stereocenters. The van der Waals surface area contributed by atoms with E-state index in [9.17, 15) is 4.79 Å². The quantitative estimate of drug-likeness (QED) is 0.875. The molecule has 2 aromatic rings. The van der Waals surface area contributed by atoms with Crippen LogP contribution >= 0.6 is 11.6 Å². The third kappa shape index (κ3) is 2.28. The first-order valence-electron chi connectivity index (χ1n) is 5.21. The van der Waals surface area contributed by atoms with Crippen LogP contribution in [-0.2, 0) is 18.3 Å². The molecule has 0 saturated heterocycles. The number of aromatic nitrogens is 1. The van der Waals surface area contributed by atoms with Crippen molar-refractivity contribution in [1.82, 2.24) is 4.57 Å². The number of nitrogens with zero attached hydrogens (tertiary/aromatic N) is 1. The average molecular weight is 253 g/mol. The van der Waals surface area contributed by atoms with Crippen LogP contribution in [0.1, 0.15) is 5.56 Å². The van der Waals surface area contributed by atoms with Gasteiger partial charge in [-0.1, -0.05) is 17.7 Å². The van der Waals surface area contributed by atoms with E-state index in [1.807, 2.05) is 29.9 Å². The maximum Gasteiger partial charge on any atom is 0.320 e. The first kappa shape index (κ1) is 12.0. The second-order valence-electron chi connectivity index (χ2n) is 4.08. The van der Waals surface area contributed by atoms with Crippen LogP contribution in [0.3, 0.4) is 0 Å². The molecule has 1 aromatic carbocycles. The molecular weight excluding hydrogens is 240 g/mol. The normalized spacial score (nSPS) is 12.9. The second kappa shape index (κ2) is 4.39. The van der Waals surface area contributed by atoms with Crippen molar-refractivity contribution in [3.63, 3.8) is 0 Å². The van der Waals surface area contributed by atoms with Crippen LogP contribution in [0.15, 0.2) is 24.4 Å². The van der Waals surface area contributed by atoms with Gasteiger partial charge in [0.15, 0.2) is 0 Å². The molecule has 17 heavy (non-hydrogen) atoms. The average Bonchev–Trinajstić information content (AvgIpc) is 2.55. The van der Waals surface area contributed by atoms with E-state index in [-0.39, 0.29) is 0 Å². The molecule has 4 nitrogen and oxygen atoms in total. The molecule has 0 radical (unpaired) electrons. The van der Waals surface area contributed by atoms with Crippen molar-refractivity contribution in [3.8, 4) is 0 Å². The number of hydrogen-bond donors (Lipinski definition) is 2. The lowest BCUT2D eigenvalue weighted by atomic mass is 10.1. The zero-order valence-corrected chi connectivity index (χ0v) is 10.1. The number of rotatable bonds is 3. The lowest BCUT2D eigenvalue weighted by molar-refractivity contribution is -0.138. The summed E-state index contributed by atoms with van der Waals surface area (Å²) in [6.45, 7) is 0. The van der Waals surface area contributed by atoms with Gasteiger partial charge in [-0.05, 0) is 17.7 Å². The lowest BCUT2D eigenvalue weighted by Gasteiger charge is -2.04. The topological polar surface area (TPSA) is 68.2 Å². The van der Waals surface area contributed by atoms with Gasteiger partial charge in [0.1, 0.15) is 6.04 Å². The molecule has 0 saturated carbocycles. The summed E-state index contributed by atoms with van der Waals surface area (Å²) >= 11 is 5.92. The van der Waals surface area contributed by atoms with Gasteiger partial charge < -0.3 is 15.4 Å². The van der Waals surface area contributed by atoms with E-state index >= 15 is 0 Å². The molecule has 0 spiro atoms. The Bertz CT molecular complexity index is 577. The third-order valence-electron chi connectivity index (χ3n) is 2.79. The molecule has 0 aliphatic carbocycles. The molecule has 5 heteroatoms. The van der Waals surface area contributed by atoms with Crippen LogP contribution in [0.25, 0.3) is 10.9 Å². The number of hydrogen-bond acceptors (Lipinski definition) is 2. The predicted molar refractivity (Wildman–Crippen MR) is 67.2 cm³/mol. The molecule has 90 valence electrons. The Morgan fingerprint density at radius 3 is 2.94 bits per heavy atom. The Morgan fingerprint density at radius 1 is 1.59 bits per heavy atom. The SMILES string of the molecule is Cn1cc(CC(N)C(=O)O)c2ccc(Cl)cc21. The predicted octanol–water partition coefficient (Wildman–Crippen LogP) is 1.79. The fraction of sp³-hybridized carbons (Fsp3) is 0.250. The largest absolute Gasteiger partial charge is 0.480 e. The smallest absolute Gasteiger partial charge is 0.320 e. The molecular formula is C12H13ClN2O2. The van der Waals surface area contributed by atoms with Gasteiger partial charge in [-0.2, -0.15) is 0 Å². The van der Waals surface area contributed by atoms with E-state index in [1.165, 1.54) is 0 Å². The van der Waals surface area contributed by atoms with E-state index in [0.29, 0.717) is 11.4 Å². The van der Waals surface area contributed by atoms with Gasteiger partial charge in [-0.3, -0.25) is 4.79 Å². The maximum absolute atomic E-state index is 10.7. The van der Waals surface area contributed by atoms with Crippen LogP contribution < -0.4 is 5.73 Å². The van der Waals surface area contributed by atoms with Crippen LogP contribution in [0.2, 0.25) is 5.02 Å². The van der Waals surface area contributed by atoms with E-state index in [1.54, 1.807) is 6.07 Å². The lowest BCUT2D eigenvalue weighted by Crippen LogP contribution is -2.32. The number of fused-ring (bicyclic) bond motifs is 1. The molecule has 0 bridgehead atoms. The first-order valence-corrected chi connectivity index (χ1v) is 5.58. The van der Waals surface area contributed by atoms with E-state index in [0.717, 1.165) is 16.5 Å². The summed E-state index contributed by atoms with van der Waals surface area (Å²) < 4.78 is 1.92. The number of nitrogens with two attached hydrogens (primary N) is 1. The highest BCUT2D eigenvalue weighted by molar-refractivity contribution is 6.31. The van der Waals surface area contributed by atoms with Crippen molar-refractivity contribution >= 4 is 28.5 Å². The fourth-order valence-corrected chi connectivity index (χ4v) is 2.09. The zero-order chi connectivity index (χ0) is 12.6. The summed E-state index contributed by atoms with van der Waals surface area (Å²) in [6, 6.07) is 4.66. The van der Waals surface area contributed by atoms with Crippen molar-refractivity contribution < 1.29 is 9.90 Å². The Morgan fingerprint density at radius 2 is 2.29 bits per heavy atom. The number of benzene rings is 1. The number of carboxylic acids is 1. The zero-order valence-electron chi connectivity index (χ0n) is 9.35. The minimum atomic E-state index is -0.990. The van der Waals surface area contributed by atoms with E-state index in [4.69, 9.17) is 22.4 Å². The van der Waals surface area contributed by atoms with Crippen LogP contribution in [0.5, 0.6) is 0 Å². The van der Waals surface area contributed by atoms with Crippen LogP contribution in [0, 0.1) is 0 Å². The Hall–Kier alpha value is -1.52. The van der Waals surface area contributed by atoms with Gasteiger partial charge in [0.25, 0.3) is 0 Å². The van der Waals surface area contributed by atoms with Gasteiger partial charge in [0.05, 0.1) is 0 Å². The fourth-order valence-electron chi connectivity index (χ4n) is 1.93. The summed E-state index contributed by atoms with van der Waals surface area (Å²) in [4.78, 5) is 10.7. The van der Waals surface area contributed by atoms with E-state index in [2.05, 4.69) is 0 Å². The molecule has 1 unspecified atom stereocenters. The highest BCUT2D eigenvalue weighted by atomic mass is 35.5. The summed E-state index contributed by atoms with van der Waals surface area (Å²) in [7, 11) is 1.90. The summed E-state index contributed by atoms with van der Waals surface area (Å²) in [5.41, 5.74) is 7.45. The van der Waals surface area contributed by atoms with Crippen molar-refractivity contribution in [1.29, 1.82) is 0 Å². The number of halogens is 1. The Balaban J connectivity index is 2.45. The maximum atomic E-state index is 10.7. The highest BCUT2D eigenvalue weighted by Gasteiger charge is 2.15. The minimum Gasteiger partial charge on any atom is -0.480 e. The van der Waals surface area contributed by atoms with Crippen LogP contribution in [0.4, 0.5) is 0 Å². The van der Waals surface area contributed by atoms with Crippen molar-refractivity contribution in [2.45, 2.75) is 12.5 Å². The van der Waals surface area contributed by atoms with Crippen molar-refractivity contribution in [3.05, 3.63) is 35.0 Å². The van der Waals surface area contributed by atoms with Gasteiger partial charge >= 0.3 is 5.97 Å². The molecule has 1 aromatic heterocycles. The van der Waals surface area contributed by atoms with Gasteiger partial charge in [-0.15, -0.1) is 0 Å². The second-order valence-corrected chi connectivity index (χ2v) is 4.51. The molecule has 2 rings (SSSR count). The third-order valence-corrected chi connectivity index (χ3v) is 3.03. The van der Waals surface area contributed by atoms with Gasteiger partial charge in [0, 0.05) is 35.6 Å². The Kier molecular flexibility index (Phi) is 3.09. The minimum absolute atomic E-state index is 0.314. The Labute approximate surface area is 104 Å². The summed E-state index contributed by atoms with van der Waals surface area (Å²) in [5, 5.41) is 10.5. The van der Waals surface area contributed by atoms with Gasteiger partial charge in [-0.25, -0.2) is 0 Å². The number of aliphatic carboxylic acids is 1. The number of carbonyl (C=O) groups is 1.